The maximum absolute atomic E-state index is 13.6. The van der Waals surface area contributed by atoms with Gasteiger partial charge in [0.1, 0.15) is 11.6 Å². The smallest absolute Gasteiger partial charge is 0.266 e. The molecule has 9 nitrogen and oxygen atoms in total. The lowest BCUT2D eigenvalue weighted by molar-refractivity contribution is -0.136. The van der Waals surface area contributed by atoms with Crippen molar-refractivity contribution in [1.82, 2.24) is 19.7 Å². The third kappa shape index (κ3) is 3.91. The molecule has 0 unspecified atom stereocenters. The van der Waals surface area contributed by atoms with Crippen LogP contribution in [-0.2, 0) is 9.59 Å². The van der Waals surface area contributed by atoms with E-state index in [-0.39, 0.29) is 23.9 Å². The van der Waals surface area contributed by atoms with Gasteiger partial charge in [0.05, 0.1) is 42.0 Å². The fourth-order valence-electron chi connectivity index (χ4n) is 4.82. The zero-order valence-corrected chi connectivity index (χ0v) is 19.1. The van der Waals surface area contributed by atoms with Crippen LogP contribution in [0.3, 0.4) is 0 Å². The Balaban J connectivity index is 1.81. The molecule has 0 bridgehead atoms. The number of anilines is 2. The van der Waals surface area contributed by atoms with Crippen LogP contribution in [0.5, 0.6) is 0 Å². The van der Waals surface area contributed by atoms with Crippen molar-refractivity contribution < 1.29 is 9.59 Å². The summed E-state index contributed by atoms with van der Waals surface area (Å²) in [5.74, 6) is -0.188. The van der Waals surface area contributed by atoms with E-state index in [1.54, 1.807) is 29.2 Å². The fraction of sp³-hybridized carbons (Fsp3) is 0.565. The Morgan fingerprint density at radius 1 is 1.19 bits per heavy atom. The molecule has 32 heavy (non-hydrogen) atoms. The highest BCUT2D eigenvalue weighted by Gasteiger charge is 2.43. The van der Waals surface area contributed by atoms with Gasteiger partial charge in [0.15, 0.2) is 0 Å². The van der Waals surface area contributed by atoms with Gasteiger partial charge in [0.25, 0.3) is 5.91 Å². The number of carbonyl (C=O) groups excluding carboxylic acids is 2. The van der Waals surface area contributed by atoms with E-state index >= 15 is 0 Å². The first-order valence-electron chi connectivity index (χ1n) is 11.2. The first kappa shape index (κ1) is 22.1. The van der Waals surface area contributed by atoms with Crippen LogP contribution in [0.1, 0.15) is 33.1 Å². The van der Waals surface area contributed by atoms with Crippen molar-refractivity contribution >= 4 is 23.2 Å². The van der Waals surface area contributed by atoms with E-state index in [1.807, 2.05) is 24.8 Å². The molecular weight excluding hydrogens is 406 g/mol. The lowest BCUT2D eigenvalue weighted by Gasteiger charge is -2.46. The molecule has 0 radical (unpaired) electrons. The summed E-state index contributed by atoms with van der Waals surface area (Å²) in [4.78, 5) is 37.9. The standard InChI is InChI=1S/C23H31N7O2/c1-23(2,29-12-11-27(3)20(31)15-29)21(30-16-26-18-14-25-8-7-19(18)30)17(13-24)22(32)28-9-5-4-6-10-28/h7-8,14,26H,4-6,9-12,15-16H2,1-3H3. The molecule has 0 saturated carbocycles. The number of likely N-dealkylation sites (N-methyl/N-ethyl adjacent to an activating group) is 1. The van der Waals surface area contributed by atoms with Gasteiger partial charge in [-0.05, 0) is 39.2 Å². The summed E-state index contributed by atoms with van der Waals surface area (Å²) in [5, 5.41) is 13.6. The molecular formula is C23H31N7O2. The minimum atomic E-state index is -0.722. The molecule has 0 aliphatic carbocycles. The number of rotatable bonds is 4. The number of likely N-dealkylation sites (tertiary alicyclic amines) is 1. The van der Waals surface area contributed by atoms with Crippen molar-refractivity contribution in [3.63, 3.8) is 0 Å². The molecule has 3 aliphatic rings. The van der Waals surface area contributed by atoms with Crippen molar-refractivity contribution in [3.05, 3.63) is 29.7 Å². The summed E-state index contributed by atoms with van der Waals surface area (Å²) in [5.41, 5.74) is 1.79. The van der Waals surface area contributed by atoms with E-state index < -0.39 is 5.54 Å². The third-order valence-corrected chi connectivity index (χ3v) is 6.82. The van der Waals surface area contributed by atoms with E-state index in [0.717, 1.165) is 30.6 Å². The summed E-state index contributed by atoms with van der Waals surface area (Å²) < 4.78 is 0. The van der Waals surface area contributed by atoms with Crippen molar-refractivity contribution in [2.24, 2.45) is 0 Å². The molecule has 9 heteroatoms. The number of hydrogen-bond donors (Lipinski definition) is 1. The lowest BCUT2D eigenvalue weighted by atomic mass is 9.90. The minimum absolute atomic E-state index is 0.0358. The van der Waals surface area contributed by atoms with Crippen LogP contribution in [0, 0.1) is 11.3 Å². The Morgan fingerprint density at radius 3 is 2.62 bits per heavy atom. The Bertz CT molecular complexity index is 975. The Kier molecular flexibility index (Phi) is 6.07. The highest BCUT2D eigenvalue weighted by Crippen LogP contribution is 2.40. The normalized spacial score (nSPS) is 20.4. The maximum Gasteiger partial charge on any atom is 0.266 e. The van der Waals surface area contributed by atoms with E-state index in [2.05, 4.69) is 21.3 Å². The Hall–Kier alpha value is -3.12. The molecule has 0 atom stereocenters. The molecule has 3 aliphatic heterocycles. The Morgan fingerprint density at radius 2 is 1.94 bits per heavy atom. The van der Waals surface area contributed by atoms with Crippen LogP contribution < -0.4 is 10.2 Å². The lowest BCUT2D eigenvalue weighted by Crippen LogP contribution is -2.59. The number of carbonyl (C=O) groups is 2. The average Bonchev–Trinajstić information content (AvgIpc) is 3.22. The largest absolute Gasteiger partial charge is 0.364 e. The fourth-order valence-corrected chi connectivity index (χ4v) is 4.82. The van der Waals surface area contributed by atoms with Crippen LogP contribution in [0.25, 0.3) is 0 Å². The first-order valence-corrected chi connectivity index (χ1v) is 11.2. The van der Waals surface area contributed by atoms with Gasteiger partial charge in [0.2, 0.25) is 5.91 Å². The van der Waals surface area contributed by atoms with Gasteiger partial charge in [-0.3, -0.25) is 19.5 Å². The maximum atomic E-state index is 13.6. The summed E-state index contributed by atoms with van der Waals surface area (Å²) in [6.07, 6.45) is 6.47. The number of nitrogens with one attached hydrogen (secondary N) is 1. The quantitative estimate of drug-likeness (QED) is 0.565. The highest BCUT2D eigenvalue weighted by molar-refractivity contribution is 5.99. The molecule has 2 saturated heterocycles. The predicted octanol–water partition coefficient (Wildman–Crippen LogP) is 1.61. The zero-order chi connectivity index (χ0) is 22.9. The summed E-state index contributed by atoms with van der Waals surface area (Å²) >= 11 is 0. The minimum Gasteiger partial charge on any atom is -0.364 e. The van der Waals surface area contributed by atoms with Crippen molar-refractivity contribution in [1.29, 1.82) is 5.26 Å². The summed E-state index contributed by atoms with van der Waals surface area (Å²) in [7, 11) is 1.80. The molecule has 2 amide bonds. The van der Waals surface area contributed by atoms with Gasteiger partial charge in [0, 0.05) is 39.4 Å². The van der Waals surface area contributed by atoms with Crippen LogP contribution in [0.4, 0.5) is 11.4 Å². The number of hydrogen-bond acceptors (Lipinski definition) is 7. The third-order valence-electron chi connectivity index (χ3n) is 6.82. The molecule has 0 spiro atoms. The zero-order valence-electron chi connectivity index (χ0n) is 19.1. The van der Waals surface area contributed by atoms with Gasteiger partial charge in [-0.25, -0.2) is 0 Å². The monoisotopic (exact) mass is 437 g/mol. The number of piperazine rings is 1. The van der Waals surface area contributed by atoms with Crippen LogP contribution in [-0.4, -0.2) is 83.5 Å². The molecule has 170 valence electrons. The predicted molar refractivity (Wildman–Crippen MR) is 122 cm³/mol. The number of nitrogens with zero attached hydrogens (tertiary/aromatic N) is 6. The highest BCUT2D eigenvalue weighted by atomic mass is 16.2. The first-order chi connectivity index (χ1) is 15.3. The van der Waals surface area contributed by atoms with Gasteiger partial charge >= 0.3 is 0 Å². The number of fused-ring (bicyclic) bond motifs is 1. The summed E-state index contributed by atoms with van der Waals surface area (Å²) in [6, 6.07) is 4.14. The second kappa shape index (κ2) is 8.79. The van der Waals surface area contributed by atoms with E-state index in [1.165, 1.54) is 0 Å². The molecule has 1 aromatic heterocycles. The van der Waals surface area contributed by atoms with Crippen molar-refractivity contribution in [2.75, 3.05) is 56.7 Å². The van der Waals surface area contributed by atoms with E-state index in [0.29, 0.717) is 38.5 Å². The second-order valence-corrected chi connectivity index (χ2v) is 9.14. The van der Waals surface area contributed by atoms with Crippen LogP contribution in [0.15, 0.2) is 29.7 Å². The van der Waals surface area contributed by atoms with Crippen molar-refractivity contribution in [2.45, 2.75) is 38.6 Å². The number of pyridine rings is 1. The average molecular weight is 438 g/mol. The van der Waals surface area contributed by atoms with Gasteiger partial charge in [-0.2, -0.15) is 5.26 Å². The molecule has 0 aromatic carbocycles. The topological polar surface area (TPSA) is 95.8 Å². The molecule has 1 N–H and O–H groups in total. The summed E-state index contributed by atoms with van der Waals surface area (Å²) in [6.45, 7) is 7.29. The Labute approximate surface area is 189 Å². The van der Waals surface area contributed by atoms with Crippen molar-refractivity contribution in [3.8, 4) is 6.07 Å². The van der Waals surface area contributed by atoms with E-state index in [9.17, 15) is 14.9 Å². The molecule has 2 fully saturated rings. The number of amides is 2. The van der Waals surface area contributed by atoms with Gasteiger partial charge in [-0.15, -0.1) is 0 Å². The number of piperidine rings is 1. The van der Waals surface area contributed by atoms with Crippen LogP contribution in [0.2, 0.25) is 0 Å². The van der Waals surface area contributed by atoms with E-state index in [4.69, 9.17) is 0 Å². The molecule has 1 aromatic rings. The van der Waals surface area contributed by atoms with Gasteiger partial charge < -0.3 is 20.0 Å². The molecule has 4 rings (SSSR count). The number of aromatic nitrogens is 1. The second-order valence-electron chi connectivity index (χ2n) is 9.14. The van der Waals surface area contributed by atoms with Gasteiger partial charge in [-0.1, -0.05) is 0 Å². The van der Waals surface area contributed by atoms with Crippen LogP contribution >= 0.6 is 0 Å². The SMILES string of the molecule is CN1CCN(C(C)(C)C(=C(C#N)C(=O)N2CCCCC2)N2CNc3cnccc32)CC1=O. The number of nitriles is 1. The molecule has 4 heterocycles.